The van der Waals surface area contributed by atoms with Crippen molar-refractivity contribution in [3.63, 3.8) is 0 Å². The number of hydrogen-bond acceptors (Lipinski definition) is 6. The Labute approximate surface area is 163 Å². The summed E-state index contributed by atoms with van der Waals surface area (Å²) in [6.07, 6.45) is 1.35. The Morgan fingerprint density at radius 1 is 0.929 bits per heavy atom. The van der Waals surface area contributed by atoms with E-state index in [-0.39, 0.29) is 22.6 Å². The highest BCUT2D eigenvalue weighted by Crippen LogP contribution is 2.32. The maximum Gasteiger partial charge on any atom is 0.269 e. The molecule has 1 aliphatic rings. The number of aromatic nitrogens is 1. The summed E-state index contributed by atoms with van der Waals surface area (Å²) in [5, 5.41) is 11.1. The summed E-state index contributed by atoms with van der Waals surface area (Å²) in [7, 11) is 0. The lowest BCUT2D eigenvalue weighted by atomic mass is 10.1. The van der Waals surface area contributed by atoms with Crippen molar-refractivity contribution in [3.8, 4) is 11.5 Å². The summed E-state index contributed by atoms with van der Waals surface area (Å²) >= 11 is 5.80. The van der Waals surface area contributed by atoms with Crippen LogP contribution >= 0.6 is 11.6 Å². The number of carbonyl (C=O) groups is 2. The summed E-state index contributed by atoms with van der Waals surface area (Å²) in [4.78, 5) is 40.5. The van der Waals surface area contributed by atoms with E-state index in [4.69, 9.17) is 16.3 Å². The Hall–Kier alpha value is -3.78. The predicted molar refractivity (Wildman–Crippen MR) is 100.0 cm³/mol. The monoisotopic (exact) mass is 395 g/mol. The second-order valence-electron chi connectivity index (χ2n) is 5.84. The van der Waals surface area contributed by atoms with Gasteiger partial charge in [-0.1, -0.05) is 11.6 Å². The number of nitro groups is 1. The number of pyridine rings is 1. The smallest absolute Gasteiger partial charge is 0.269 e. The van der Waals surface area contributed by atoms with Crippen molar-refractivity contribution in [1.29, 1.82) is 0 Å². The van der Waals surface area contributed by atoms with Gasteiger partial charge in [0.1, 0.15) is 17.3 Å². The number of rotatable bonds is 4. The molecule has 0 atom stereocenters. The first-order chi connectivity index (χ1) is 13.4. The molecule has 8 nitrogen and oxygen atoms in total. The molecule has 2 aromatic carbocycles. The Bertz CT molecular complexity index is 1110. The largest absolute Gasteiger partial charge is 0.457 e. The number of ether oxygens (including phenoxy) is 1. The fourth-order valence-corrected chi connectivity index (χ4v) is 2.88. The van der Waals surface area contributed by atoms with E-state index in [1.807, 2.05) is 0 Å². The van der Waals surface area contributed by atoms with Crippen LogP contribution in [-0.2, 0) is 0 Å². The van der Waals surface area contributed by atoms with Gasteiger partial charge in [0.15, 0.2) is 0 Å². The second kappa shape index (κ2) is 6.75. The summed E-state index contributed by atoms with van der Waals surface area (Å²) in [5.41, 5.74) is 0.354. The van der Waals surface area contributed by atoms with Crippen LogP contribution in [0.4, 0.5) is 11.5 Å². The molecule has 3 aromatic rings. The van der Waals surface area contributed by atoms with E-state index in [9.17, 15) is 19.7 Å². The molecule has 1 aromatic heterocycles. The van der Waals surface area contributed by atoms with Gasteiger partial charge in [-0.2, -0.15) is 0 Å². The van der Waals surface area contributed by atoms with Gasteiger partial charge < -0.3 is 4.74 Å². The van der Waals surface area contributed by atoms with Gasteiger partial charge >= 0.3 is 0 Å². The Morgan fingerprint density at radius 3 is 2.25 bits per heavy atom. The van der Waals surface area contributed by atoms with Crippen LogP contribution in [-0.4, -0.2) is 21.7 Å². The summed E-state index contributed by atoms with van der Waals surface area (Å²) in [5.74, 6) is -0.160. The maximum atomic E-state index is 12.7. The highest BCUT2D eigenvalue weighted by atomic mass is 35.5. The van der Waals surface area contributed by atoms with E-state index in [0.717, 1.165) is 4.90 Å². The topological polar surface area (TPSA) is 103 Å². The van der Waals surface area contributed by atoms with Crippen LogP contribution in [0.5, 0.6) is 11.5 Å². The van der Waals surface area contributed by atoms with E-state index in [2.05, 4.69) is 4.98 Å². The van der Waals surface area contributed by atoms with Crippen molar-refractivity contribution in [2.75, 3.05) is 4.90 Å². The lowest BCUT2D eigenvalue weighted by Crippen LogP contribution is -2.30. The van der Waals surface area contributed by atoms with Crippen LogP contribution in [0, 0.1) is 10.1 Å². The third kappa shape index (κ3) is 3.06. The minimum atomic E-state index is -0.524. The molecule has 0 fully saturated rings. The number of benzene rings is 2. The first-order valence-electron chi connectivity index (χ1n) is 8.01. The molecule has 0 saturated carbocycles. The minimum absolute atomic E-state index is 0.0619. The molecule has 0 N–H and O–H groups in total. The van der Waals surface area contributed by atoms with Gasteiger partial charge in [-0.3, -0.25) is 19.7 Å². The number of fused-ring (bicyclic) bond motifs is 1. The Kier molecular flexibility index (Phi) is 4.25. The number of nitrogens with zero attached hydrogens (tertiary/aromatic N) is 3. The number of imide groups is 1. The molecule has 2 heterocycles. The highest BCUT2D eigenvalue weighted by molar-refractivity contribution is 6.34. The van der Waals surface area contributed by atoms with Gasteiger partial charge in [0.05, 0.1) is 21.1 Å². The van der Waals surface area contributed by atoms with Crippen LogP contribution in [0.15, 0.2) is 60.8 Å². The Morgan fingerprint density at radius 2 is 1.61 bits per heavy atom. The molecular weight excluding hydrogens is 386 g/mol. The number of carbonyl (C=O) groups excluding carboxylic acids is 2. The SMILES string of the molecule is O=C1c2ccc(Oc3ccc([N+](=O)[O-])cc3)cc2C(=O)N1c1ccc(Cl)cn1. The zero-order valence-corrected chi connectivity index (χ0v) is 14.8. The van der Waals surface area contributed by atoms with E-state index in [0.29, 0.717) is 16.5 Å². The molecule has 9 heteroatoms. The highest BCUT2D eigenvalue weighted by Gasteiger charge is 2.37. The van der Waals surface area contributed by atoms with Gasteiger partial charge in [-0.25, -0.2) is 9.88 Å². The molecule has 28 heavy (non-hydrogen) atoms. The molecule has 0 unspecified atom stereocenters. The number of nitro benzene ring substituents is 1. The molecule has 0 saturated heterocycles. The average molecular weight is 396 g/mol. The second-order valence-corrected chi connectivity index (χ2v) is 6.28. The normalized spacial score (nSPS) is 12.8. The van der Waals surface area contributed by atoms with E-state index in [1.54, 1.807) is 6.07 Å². The van der Waals surface area contributed by atoms with Crippen LogP contribution in [0.2, 0.25) is 5.02 Å². The Balaban J connectivity index is 1.61. The van der Waals surface area contributed by atoms with Crippen LogP contribution in [0.25, 0.3) is 0 Å². The van der Waals surface area contributed by atoms with Crippen molar-refractivity contribution >= 4 is 34.9 Å². The fourth-order valence-electron chi connectivity index (χ4n) is 2.76. The molecular formula is C19H10ClN3O5. The summed E-state index contributed by atoms with van der Waals surface area (Å²) < 4.78 is 5.64. The molecule has 4 rings (SSSR count). The number of non-ortho nitro benzene ring substituents is 1. The lowest BCUT2D eigenvalue weighted by Gasteiger charge is -2.12. The zero-order chi connectivity index (χ0) is 19.8. The molecule has 0 radical (unpaired) electrons. The van der Waals surface area contributed by atoms with Gasteiger partial charge in [0.25, 0.3) is 17.5 Å². The molecule has 138 valence electrons. The number of amides is 2. The van der Waals surface area contributed by atoms with E-state index < -0.39 is 16.7 Å². The molecule has 0 aliphatic carbocycles. The maximum absolute atomic E-state index is 12.7. The first kappa shape index (κ1) is 17.6. The molecule has 2 amide bonds. The third-order valence-corrected chi connectivity index (χ3v) is 4.31. The summed E-state index contributed by atoms with van der Waals surface area (Å²) in [6, 6.07) is 13.0. The van der Waals surface area contributed by atoms with Gasteiger partial charge in [0, 0.05) is 18.3 Å². The number of anilines is 1. The fraction of sp³-hybridized carbons (Fsp3) is 0. The first-order valence-corrected chi connectivity index (χ1v) is 8.38. The van der Waals surface area contributed by atoms with Crippen molar-refractivity contribution in [2.24, 2.45) is 0 Å². The predicted octanol–water partition coefficient (Wildman–Crippen LogP) is 4.24. The lowest BCUT2D eigenvalue weighted by molar-refractivity contribution is -0.384. The van der Waals surface area contributed by atoms with Gasteiger partial charge in [0.2, 0.25) is 0 Å². The van der Waals surface area contributed by atoms with Crippen LogP contribution in [0.3, 0.4) is 0 Å². The quantitative estimate of drug-likeness (QED) is 0.372. The number of hydrogen-bond donors (Lipinski definition) is 0. The van der Waals surface area contributed by atoms with Gasteiger partial charge in [-0.05, 0) is 42.5 Å². The van der Waals surface area contributed by atoms with Crippen molar-refractivity contribution in [1.82, 2.24) is 4.98 Å². The van der Waals surface area contributed by atoms with Gasteiger partial charge in [-0.15, -0.1) is 0 Å². The van der Waals surface area contributed by atoms with Crippen molar-refractivity contribution in [2.45, 2.75) is 0 Å². The van der Waals surface area contributed by atoms with E-state index in [1.165, 1.54) is 54.7 Å². The minimum Gasteiger partial charge on any atom is -0.457 e. The standard InChI is InChI=1S/C19H10ClN3O5/c20-11-1-8-17(21-10-11)22-18(24)15-7-6-14(9-16(15)19(22)25)28-13-4-2-12(3-5-13)23(26)27/h1-10H. The molecule has 0 spiro atoms. The van der Waals surface area contributed by atoms with Crippen molar-refractivity contribution < 1.29 is 19.2 Å². The zero-order valence-electron chi connectivity index (χ0n) is 14.0. The van der Waals surface area contributed by atoms with E-state index >= 15 is 0 Å². The molecule has 0 bridgehead atoms. The van der Waals surface area contributed by atoms with Crippen LogP contribution in [0.1, 0.15) is 20.7 Å². The molecule has 1 aliphatic heterocycles. The average Bonchev–Trinajstić information content (AvgIpc) is 2.93. The number of halogens is 1. The third-order valence-electron chi connectivity index (χ3n) is 4.08. The van der Waals surface area contributed by atoms with Crippen LogP contribution < -0.4 is 9.64 Å². The van der Waals surface area contributed by atoms with Crippen molar-refractivity contribution in [3.05, 3.63) is 87.1 Å². The summed E-state index contributed by atoms with van der Waals surface area (Å²) in [6.45, 7) is 0.